The molecule has 4 rings (SSSR count). The van der Waals surface area contributed by atoms with Gasteiger partial charge < -0.3 is 9.47 Å². The Morgan fingerprint density at radius 3 is 1.14 bits per heavy atom. The molecule has 0 bridgehead atoms. The van der Waals surface area contributed by atoms with Crippen molar-refractivity contribution in [1.29, 1.82) is 0 Å². The third-order valence-electron chi connectivity index (χ3n) is 8.62. The fourth-order valence-electron chi connectivity index (χ4n) is 5.94. The SMILES string of the molecule is C=CC(=O)OCOCC1CCCCC1.CC.CC.CC.CC.CC1CCCCC1.CC1CCCCC1.CCC1CCCCC1. The van der Waals surface area contributed by atoms with E-state index in [1.165, 1.54) is 135 Å². The molecular weight excluding hydrogens is 540 g/mol. The Morgan fingerprint density at radius 2 is 0.886 bits per heavy atom. The molecule has 44 heavy (non-hydrogen) atoms. The highest BCUT2D eigenvalue weighted by molar-refractivity contribution is 5.81. The molecule has 4 aliphatic rings. The number of esters is 1. The monoisotopic (exact) mass is 627 g/mol. The molecule has 0 amide bonds. The predicted molar refractivity (Wildman–Crippen MR) is 200 cm³/mol. The van der Waals surface area contributed by atoms with Gasteiger partial charge in [0.05, 0.1) is 6.61 Å². The van der Waals surface area contributed by atoms with Crippen LogP contribution < -0.4 is 0 Å². The first-order chi connectivity index (χ1) is 21.5. The van der Waals surface area contributed by atoms with E-state index < -0.39 is 5.97 Å². The largest absolute Gasteiger partial charge is 0.435 e. The summed E-state index contributed by atoms with van der Waals surface area (Å²) in [6.07, 6.45) is 31.4. The van der Waals surface area contributed by atoms with Gasteiger partial charge in [-0.3, -0.25) is 0 Å². The average molecular weight is 627 g/mol. The van der Waals surface area contributed by atoms with E-state index in [0.29, 0.717) is 12.5 Å². The molecule has 0 unspecified atom stereocenters. The minimum Gasteiger partial charge on any atom is -0.435 e. The minimum atomic E-state index is -0.423. The lowest BCUT2D eigenvalue weighted by atomic mass is 9.88. The van der Waals surface area contributed by atoms with Gasteiger partial charge in [0.2, 0.25) is 0 Å². The summed E-state index contributed by atoms with van der Waals surface area (Å²) in [5.74, 6) is 3.39. The Kier molecular flexibility index (Phi) is 50.4. The Bertz CT molecular complexity index is 478. The molecule has 0 radical (unpaired) electrons. The zero-order valence-electron chi connectivity index (χ0n) is 32.6. The number of carbonyl (C=O) groups is 1. The second-order valence-electron chi connectivity index (χ2n) is 12.1. The molecule has 0 heterocycles. The molecule has 3 nitrogen and oxygen atoms in total. The normalized spacial score (nSPS) is 18.5. The molecule has 3 heteroatoms. The molecule has 0 aromatic heterocycles. The lowest BCUT2D eigenvalue weighted by Crippen LogP contribution is -2.15. The molecule has 268 valence electrons. The molecule has 4 fully saturated rings. The molecule has 0 N–H and O–H groups in total. The van der Waals surface area contributed by atoms with Crippen molar-refractivity contribution in [3.8, 4) is 0 Å². The van der Waals surface area contributed by atoms with E-state index in [9.17, 15) is 4.79 Å². The summed E-state index contributed by atoms with van der Waals surface area (Å²) in [6.45, 7) is 27.1. The van der Waals surface area contributed by atoms with Gasteiger partial charge in [0.15, 0.2) is 6.79 Å². The van der Waals surface area contributed by atoms with Crippen LogP contribution in [0, 0.1) is 23.7 Å². The maximum Gasteiger partial charge on any atom is 0.332 e. The second kappa shape index (κ2) is 44.3. The molecule has 0 aliphatic heterocycles. The summed E-state index contributed by atoms with van der Waals surface area (Å²) in [7, 11) is 0. The summed E-state index contributed by atoms with van der Waals surface area (Å²) in [5, 5.41) is 0. The number of hydrogen-bond acceptors (Lipinski definition) is 3. The molecule has 0 atom stereocenters. The van der Waals surface area contributed by atoms with Crippen LogP contribution in [-0.4, -0.2) is 19.4 Å². The van der Waals surface area contributed by atoms with E-state index in [1.807, 2.05) is 55.4 Å². The quantitative estimate of drug-likeness (QED) is 0.127. The van der Waals surface area contributed by atoms with Crippen molar-refractivity contribution in [2.24, 2.45) is 23.7 Å². The Balaban J connectivity index is -0.000000233. The zero-order valence-corrected chi connectivity index (χ0v) is 32.6. The molecular formula is C41H86O3. The van der Waals surface area contributed by atoms with Crippen molar-refractivity contribution in [1.82, 2.24) is 0 Å². The summed E-state index contributed by atoms with van der Waals surface area (Å²) in [4.78, 5) is 10.6. The minimum absolute atomic E-state index is 0.0569. The number of rotatable bonds is 6. The van der Waals surface area contributed by atoms with Gasteiger partial charge in [0.1, 0.15) is 0 Å². The molecule has 0 aromatic carbocycles. The lowest BCUT2D eigenvalue weighted by Gasteiger charge is -2.20. The molecule has 0 spiro atoms. The first kappa shape index (κ1) is 50.0. The van der Waals surface area contributed by atoms with Crippen molar-refractivity contribution in [2.45, 2.75) is 211 Å². The van der Waals surface area contributed by atoms with Crippen LogP contribution in [-0.2, 0) is 14.3 Å². The van der Waals surface area contributed by atoms with E-state index in [4.69, 9.17) is 9.47 Å². The van der Waals surface area contributed by atoms with E-state index in [0.717, 1.165) is 23.8 Å². The van der Waals surface area contributed by atoms with Crippen LogP contribution in [0.5, 0.6) is 0 Å². The first-order valence-electron chi connectivity index (χ1n) is 19.9. The maximum absolute atomic E-state index is 10.6. The maximum atomic E-state index is 10.6. The van der Waals surface area contributed by atoms with Crippen LogP contribution >= 0.6 is 0 Å². The van der Waals surface area contributed by atoms with Gasteiger partial charge in [-0.15, -0.1) is 0 Å². The smallest absolute Gasteiger partial charge is 0.332 e. The Morgan fingerprint density at radius 1 is 0.568 bits per heavy atom. The van der Waals surface area contributed by atoms with Crippen LogP contribution in [0.2, 0.25) is 0 Å². The van der Waals surface area contributed by atoms with E-state index >= 15 is 0 Å². The predicted octanol–water partition coefficient (Wildman–Crippen LogP) is 14.5. The summed E-state index contributed by atoms with van der Waals surface area (Å²) < 4.78 is 9.96. The van der Waals surface area contributed by atoms with Gasteiger partial charge in [0, 0.05) is 6.08 Å². The summed E-state index contributed by atoms with van der Waals surface area (Å²) >= 11 is 0. The summed E-state index contributed by atoms with van der Waals surface area (Å²) in [6, 6.07) is 0. The van der Waals surface area contributed by atoms with Gasteiger partial charge in [-0.1, -0.05) is 205 Å². The van der Waals surface area contributed by atoms with Crippen molar-refractivity contribution >= 4 is 5.97 Å². The van der Waals surface area contributed by atoms with Crippen LogP contribution in [0.1, 0.15) is 211 Å². The van der Waals surface area contributed by atoms with Crippen LogP contribution in [0.15, 0.2) is 12.7 Å². The fourth-order valence-corrected chi connectivity index (χ4v) is 5.94. The van der Waals surface area contributed by atoms with Crippen LogP contribution in [0.4, 0.5) is 0 Å². The Hall–Kier alpha value is -0.830. The number of carbonyl (C=O) groups excluding carboxylic acids is 1. The zero-order chi connectivity index (χ0) is 34.3. The Labute approximate surface area is 280 Å². The third-order valence-corrected chi connectivity index (χ3v) is 8.62. The van der Waals surface area contributed by atoms with Gasteiger partial charge in [-0.05, 0) is 36.5 Å². The highest BCUT2D eigenvalue weighted by Crippen LogP contribution is 2.26. The molecule has 0 aromatic rings. The first-order valence-corrected chi connectivity index (χ1v) is 19.9. The van der Waals surface area contributed by atoms with Crippen LogP contribution in [0.3, 0.4) is 0 Å². The second-order valence-corrected chi connectivity index (χ2v) is 12.1. The number of ether oxygens (including phenoxy) is 2. The average Bonchev–Trinajstić information content (AvgIpc) is 3.12. The lowest BCUT2D eigenvalue weighted by molar-refractivity contribution is -0.151. The highest BCUT2D eigenvalue weighted by atomic mass is 16.7. The van der Waals surface area contributed by atoms with Gasteiger partial charge in [-0.25, -0.2) is 4.79 Å². The fraction of sp³-hybridized carbons (Fsp3) is 0.927. The molecule has 4 aliphatic carbocycles. The van der Waals surface area contributed by atoms with E-state index in [-0.39, 0.29) is 6.79 Å². The third kappa shape index (κ3) is 37.4. The van der Waals surface area contributed by atoms with E-state index in [1.54, 1.807) is 0 Å². The standard InChI is InChI=1S/C11H18O3.C8H16.2C7H14.4C2H6/c1-2-11(12)14-9-13-8-10-6-4-3-5-7-10;1-2-8-6-4-3-5-7-8;2*1-7-5-3-2-4-6-7;4*1-2/h2,10H,1,3-9H2;8H,2-7H2,1H3;2*7H,2-6H2,1H3;4*1-2H3. The van der Waals surface area contributed by atoms with Gasteiger partial charge in [-0.2, -0.15) is 0 Å². The number of hydrogen-bond donors (Lipinski definition) is 0. The highest BCUT2D eigenvalue weighted by Gasteiger charge is 2.13. The van der Waals surface area contributed by atoms with Crippen molar-refractivity contribution in [2.75, 3.05) is 13.4 Å². The van der Waals surface area contributed by atoms with Crippen LogP contribution in [0.25, 0.3) is 0 Å². The van der Waals surface area contributed by atoms with E-state index in [2.05, 4.69) is 27.4 Å². The topological polar surface area (TPSA) is 35.5 Å². The summed E-state index contributed by atoms with van der Waals surface area (Å²) in [5.41, 5.74) is 0. The molecule has 0 saturated heterocycles. The van der Waals surface area contributed by atoms with Gasteiger partial charge >= 0.3 is 5.97 Å². The van der Waals surface area contributed by atoms with Gasteiger partial charge in [0.25, 0.3) is 0 Å². The van der Waals surface area contributed by atoms with Crippen molar-refractivity contribution in [3.05, 3.63) is 12.7 Å². The molecule has 4 saturated carbocycles. The van der Waals surface area contributed by atoms with Crippen molar-refractivity contribution in [3.63, 3.8) is 0 Å². The van der Waals surface area contributed by atoms with Crippen molar-refractivity contribution < 1.29 is 14.3 Å².